The Morgan fingerprint density at radius 2 is 2.33 bits per heavy atom. The van der Waals surface area contributed by atoms with Gasteiger partial charge in [0.1, 0.15) is 0 Å². The van der Waals surface area contributed by atoms with Crippen molar-refractivity contribution >= 4 is 11.8 Å². The van der Waals surface area contributed by atoms with Gasteiger partial charge in [-0.05, 0) is 6.42 Å². The van der Waals surface area contributed by atoms with Gasteiger partial charge >= 0.3 is 0 Å². The van der Waals surface area contributed by atoms with Crippen molar-refractivity contribution in [3.8, 4) is 0 Å². The van der Waals surface area contributed by atoms with E-state index in [1.54, 1.807) is 18.9 Å². The van der Waals surface area contributed by atoms with Crippen LogP contribution in [-0.2, 0) is 4.74 Å². The van der Waals surface area contributed by atoms with Gasteiger partial charge in [-0.2, -0.15) is 0 Å². The summed E-state index contributed by atoms with van der Waals surface area (Å²) >= 11 is 1.72. The van der Waals surface area contributed by atoms with E-state index in [2.05, 4.69) is 6.92 Å². The summed E-state index contributed by atoms with van der Waals surface area (Å²) in [5.74, 6) is 0.723. The fourth-order valence-electron chi connectivity index (χ4n) is 0.449. The van der Waals surface area contributed by atoms with Crippen LogP contribution in [0.15, 0.2) is 0 Å². The maximum absolute atomic E-state index is 8.48. The Balaban J connectivity index is 2.95. The SMILES string of the molecule is COCSC(C)CCO. The molecule has 0 fully saturated rings. The number of ether oxygens (including phenoxy) is 1. The second-order valence-corrected chi connectivity index (χ2v) is 3.27. The maximum Gasteiger partial charge on any atom is 0.0919 e. The lowest BCUT2D eigenvalue weighted by Gasteiger charge is -2.06. The fraction of sp³-hybridized carbons (Fsp3) is 1.00. The summed E-state index contributed by atoms with van der Waals surface area (Å²) in [5, 5.41) is 8.99. The van der Waals surface area contributed by atoms with E-state index >= 15 is 0 Å². The predicted molar refractivity (Wildman–Crippen MR) is 40.6 cm³/mol. The molecule has 0 aromatic heterocycles. The largest absolute Gasteiger partial charge is 0.396 e. The summed E-state index contributed by atoms with van der Waals surface area (Å²) in [6.07, 6.45) is 0.855. The minimum atomic E-state index is 0.276. The fourth-order valence-corrected chi connectivity index (χ4v) is 1.09. The molecule has 0 spiro atoms. The molecule has 0 amide bonds. The van der Waals surface area contributed by atoms with E-state index in [1.807, 2.05) is 0 Å². The number of thioether (sulfide) groups is 1. The molecule has 0 saturated carbocycles. The van der Waals surface area contributed by atoms with Crippen molar-refractivity contribution in [3.63, 3.8) is 0 Å². The average Bonchev–Trinajstić information content (AvgIpc) is 1.85. The zero-order chi connectivity index (χ0) is 7.11. The van der Waals surface area contributed by atoms with E-state index in [4.69, 9.17) is 9.84 Å². The van der Waals surface area contributed by atoms with E-state index < -0.39 is 0 Å². The van der Waals surface area contributed by atoms with Gasteiger partial charge in [0.25, 0.3) is 0 Å². The Morgan fingerprint density at radius 1 is 1.67 bits per heavy atom. The van der Waals surface area contributed by atoms with E-state index in [0.29, 0.717) is 5.25 Å². The van der Waals surface area contributed by atoms with Crippen molar-refractivity contribution < 1.29 is 9.84 Å². The summed E-state index contributed by atoms with van der Waals surface area (Å²) < 4.78 is 4.84. The van der Waals surface area contributed by atoms with Crippen molar-refractivity contribution in [2.45, 2.75) is 18.6 Å². The third-order valence-corrected chi connectivity index (χ3v) is 2.18. The first-order chi connectivity index (χ1) is 4.31. The number of rotatable bonds is 5. The average molecular weight is 150 g/mol. The highest BCUT2D eigenvalue weighted by atomic mass is 32.2. The van der Waals surface area contributed by atoms with E-state index in [9.17, 15) is 0 Å². The standard InChI is InChI=1S/C6H14O2S/c1-6(3-4-7)9-5-8-2/h6-7H,3-5H2,1-2H3. The Morgan fingerprint density at radius 3 is 2.78 bits per heavy atom. The quantitative estimate of drug-likeness (QED) is 0.595. The molecular formula is C6H14O2S. The molecule has 0 aliphatic rings. The molecule has 0 aliphatic carbocycles. The Bertz CT molecular complexity index is 59.0. The molecule has 2 nitrogen and oxygen atoms in total. The number of hydrogen-bond acceptors (Lipinski definition) is 3. The highest BCUT2D eigenvalue weighted by molar-refractivity contribution is 7.99. The molecule has 3 heteroatoms. The smallest absolute Gasteiger partial charge is 0.0919 e. The Hall–Kier alpha value is 0.270. The third-order valence-electron chi connectivity index (χ3n) is 1.01. The van der Waals surface area contributed by atoms with Crippen molar-refractivity contribution in [2.75, 3.05) is 19.7 Å². The van der Waals surface area contributed by atoms with Gasteiger partial charge in [0.2, 0.25) is 0 Å². The van der Waals surface area contributed by atoms with Crippen LogP contribution in [0.5, 0.6) is 0 Å². The van der Waals surface area contributed by atoms with Gasteiger partial charge in [-0.15, -0.1) is 11.8 Å². The zero-order valence-corrected chi connectivity index (χ0v) is 6.78. The molecule has 1 atom stereocenters. The van der Waals surface area contributed by atoms with Gasteiger partial charge in [-0.25, -0.2) is 0 Å². The summed E-state index contributed by atoms with van der Waals surface area (Å²) in [4.78, 5) is 0. The minimum Gasteiger partial charge on any atom is -0.396 e. The van der Waals surface area contributed by atoms with Gasteiger partial charge < -0.3 is 9.84 Å². The molecule has 0 rings (SSSR count). The predicted octanol–water partition coefficient (Wildman–Crippen LogP) is 1.09. The van der Waals surface area contributed by atoms with Crippen LogP contribution in [0, 0.1) is 0 Å². The normalized spacial score (nSPS) is 13.7. The van der Waals surface area contributed by atoms with E-state index in [1.165, 1.54) is 0 Å². The Labute approximate surface area is 60.6 Å². The molecular weight excluding hydrogens is 136 g/mol. The third kappa shape index (κ3) is 6.15. The molecule has 0 saturated heterocycles. The first-order valence-corrected chi connectivity index (χ1v) is 4.07. The summed E-state index contributed by atoms with van der Waals surface area (Å²) in [6.45, 7) is 2.36. The van der Waals surface area contributed by atoms with Crippen molar-refractivity contribution in [3.05, 3.63) is 0 Å². The molecule has 0 aromatic rings. The van der Waals surface area contributed by atoms with Crippen LogP contribution in [0.4, 0.5) is 0 Å². The highest BCUT2D eigenvalue weighted by Gasteiger charge is 1.98. The molecule has 0 radical (unpaired) electrons. The Kier molecular flexibility index (Phi) is 6.58. The van der Waals surface area contributed by atoms with Crippen molar-refractivity contribution in [2.24, 2.45) is 0 Å². The van der Waals surface area contributed by atoms with Crippen LogP contribution in [-0.4, -0.2) is 30.0 Å². The first-order valence-electron chi connectivity index (χ1n) is 3.02. The first kappa shape index (κ1) is 9.27. The van der Waals surface area contributed by atoms with Crippen LogP contribution in [0.2, 0.25) is 0 Å². The zero-order valence-electron chi connectivity index (χ0n) is 5.96. The lowest BCUT2D eigenvalue weighted by molar-refractivity contribution is 0.257. The summed E-state index contributed by atoms with van der Waals surface area (Å²) in [6, 6.07) is 0. The van der Waals surface area contributed by atoms with Crippen LogP contribution in [0.1, 0.15) is 13.3 Å². The highest BCUT2D eigenvalue weighted by Crippen LogP contribution is 2.12. The molecule has 56 valence electrons. The topological polar surface area (TPSA) is 29.5 Å². The monoisotopic (exact) mass is 150 g/mol. The molecule has 9 heavy (non-hydrogen) atoms. The van der Waals surface area contributed by atoms with Gasteiger partial charge in [0, 0.05) is 19.0 Å². The van der Waals surface area contributed by atoms with Crippen molar-refractivity contribution in [1.29, 1.82) is 0 Å². The van der Waals surface area contributed by atoms with Gasteiger partial charge in [-0.1, -0.05) is 6.92 Å². The number of aliphatic hydroxyl groups excluding tert-OH is 1. The molecule has 0 aliphatic heterocycles. The van der Waals surface area contributed by atoms with Crippen LogP contribution >= 0.6 is 11.8 Å². The number of aliphatic hydroxyl groups is 1. The number of methoxy groups -OCH3 is 1. The van der Waals surface area contributed by atoms with Crippen LogP contribution < -0.4 is 0 Å². The molecule has 0 aromatic carbocycles. The molecule has 1 unspecified atom stereocenters. The second kappa shape index (κ2) is 6.39. The van der Waals surface area contributed by atoms with Crippen molar-refractivity contribution in [1.82, 2.24) is 0 Å². The van der Waals surface area contributed by atoms with Gasteiger partial charge in [-0.3, -0.25) is 0 Å². The van der Waals surface area contributed by atoms with Crippen LogP contribution in [0.3, 0.4) is 0 Å². The maximum atomic E-state index is 8.48. The number of hydrogen-bond donors (Lipinski definition) is 1. The lowest BCUT2D eigenvalue weighted by atomic mass is 10.4. The van der Waals surface area contributed by atoms with E-state index in [0.717, 1.165) is 12.4 Å². The summed E-state index contributed by atoms with van der Waals surface area (Å²) in [5.41, 5.74) is 0. The van der Waals surface area contributed by atoms with Crippen LogP contribution in [0.25, 0.3) is 0 Å². The molecule has 0 heterocycles. The summed E-state index contributed by atoms with van der Waals surface area (Å²) in [7, 11) is 1.68. The molecule has 1 N–H and O–H groups in total. The minimum absolute atomic E-state index is 0.276. The van der Waals surface area contributed by atoms with Gasteiger partial charge in [0.15, 0.2) is 0 Å². The van der Waals surface area contributed by atoms with Gasteiger partial charge in [0.05, 0.1) is 5.94 Å². The second-order valence-electron chi connectivity index (χ2n) is 1.90. The van der Waals surface area contributed by atoms with E-state index in [-0.39, 0.29) is 6.61 Å². The molecule has 0 bridgehead atoms. The lowest BCUT2D eigenvalue weighted by Crippen LogP contribution is -2.00.